The van der Waals surface area contributed by atoms with Crippen LogP contribution in [-0.4, -0.2) is 57.0 Å². The quantitative estimate of drug-likeness (QED) is 0.466. The van der Waals surface area contributed by atoms with Crippen molar-refractivity contribution in [1.29, 1.82) is 5.26 Å². The van der Waals surface area contributed by atoms with Crippen molar-refractivity contribution in [3.63, 3.8) is 0 Å². The Morgan fingerprint density at radius 1 is 1.17 bits per heavy atom. The second-order valence-corrected chi connectivity index (χ2v) is 10.3. The second-order valence-electron chi connectivity index (χ2n) is 8.58. The summed E-state index contributed by atoms with van der Waals surface area (Å²) in [6.45, 7) is 4.87. The highest BCUT2D eigenvalue weighted by molar-refractivity contribution is 7.93. The summed E-state index contributed by atoms with van der Waals surface area (Å²) in [5, 5.41) is 21.4. The standard InChI is InChI=1S/C26H30N4O4S/c1-3-24(31)18-28-35(32,33)25(17-27)16-22-8-9-26(29(22)2)21-5-4-20-15-23(7-6-19(20)14-21)30-10-12-34-13-11-30/h4-9,14-16,24,28,31H,3,10-13,18H2,1-2H3/b25-16+. The lowest BCUT2D eigenvalue weighted by atomic mass is 10.0. The van der Waals surface area contributed by atoms with Crippen LogP contribution in [0.5, 0.6) is 0 Å². The van der Waals surface area contributed by atoms with E-state index >= 15 is 0 Å². The SMILES string of the molecule is CCC(O)CNS(=O)(=O)/C(C#N)=C/c1ccc(-c2ccc3cc(N4CCOCC4)ccc3c2)n1C. The molecule has 0 radical (unpaired) electrons. The van der Waals surface area contributed by atoms with E-state index in [4.69, 9.17) is 4.74 Å². The third-order valence-corrected chi connectivity index (χ3v) is 7.65. The molecule has 35 heavy (non-hydrogen) atoms. The first-order valence-corrected chi connectivity index (χ1v) is 13.1. The summed E-state index contributed by atoms with van der Waals surface area (Å²) in [6, 6.07) is 18.1. The van der Waals surface area contributed by atoms with Gasteiger partial charge in [0.2, 0.25) is 0 Å². The molecule has 0 aliphatic carbocycles. The molecule has 9 heteroatoms. The van der Waals surface area contributed by atoms with Crippen LogP contribution in [-0.2, 0) is 21.8 Å². The number of anilines is 1. The number of hydrogen-bond acceptors (Lipinski definition) is 6. The second kappa shape index (κ2) is 10.6. The molecule has 1 aliphatic heterocycles. The van der Waals surface area contributed by atoms with Crippen LogP contribution in [0.4, 0.5) is 5.69 Å². The largest absolute Gasteiger partial charge is 0.392 e. The molecular weight excluding hydrogens is 464 g/mol. The van der Waals surface area contributed by atoms with E-state index in [0.29, 0.717) is 12.1 Å². The van der Waals surface area contributed by atoms with Crippen molar-refractivity contribution in [2.24, 2.45) is 7.05 Å². The molecule has 4 rings (SSSR count). The molecule has 1 saturated heterocycles. The molecule has 184 valence electrons. The van der Waals surface area contributed by atoms with E-state index in [0.717, 1.165) is 48.3 Å². The predicted molar refractivity (Wildman–Crippen MR) is 138 cm³/mol. The number of benzene rings is 2. The monoisotopic (exact) mass is 494 g/mol. The lowest BCUT2D eigenvalue weighted by Gasteiger charge is -2.29. The third-order valence-electron chi connectivity index (χ3n) is 6.32. The number of allylic oxidation sites excluding steroid dienone is 1. The van der Waals surface area contributed by atoms with Crippen LogP contribution in [0, 0.1) is 11.3 Å². The molecule has 1 unspecified atom stereocenters. The lowest BCUT2D eigenvalue weighted by molar-refractivity contribution is 0.122. The normalized spacial score (nSPS) is 15.8. The number of aliphatic hydroxyl groups excluding tert-OH is 1. The summed E-state index contributed by atoms with van der Waals surface area (Å²) in [4.78, 5) is 1.92. The summed E-state index contributed by atoms with van der Waals surface area (Å²) < 4.78 is 34.7. The maximum atomic E-state index is 12.5. The van der Waals surface area contributed by atoms with Gasteiger partial charge in [0.25, 0.3) is 10.0 Å². The molecule has 1 fully saturated rings. The first-order valence-electron chi connectivity index (χ1n) is 11.6. The Morgan fingerprint density at radius 3 is 2.60 bits per heavy atom. The number of nitriles is 1. The Labute approximate surface area is 206 Å². The van der Waals surface area contributed by atoms with E-state index in [1.807, 2.05) is 23.7 Å². The zero-order valence-corrected chi connectivity index (χ0v) is 20.8. The van der Waals surface area contributed by atoms with Gasteiger partial charge in [0.15, 0.2) is 4.91 Å². The Balaban J connectivity index is 1.60. The average Bonchev–Trinajstić information content (AvgIpc) is 3.25. The van der Waals surface area contributed by atoms with Crippen molar-refractivity contribution in [2.45, 2.75) is 19.4 Å². The van der Waals surface area contributed by atoms with Gasteiger partial charge in [-0.3, -0.25) is 0 Å². The van der Waals surface area contributed by atoms with Crippen molar-refractivity contribution in [1.82, 2.24) is 9.29 Å². The van der Waals surface area contributed by atoms with Gasteiger partial charge in [0, 0.05) is 43.8 Å². The minimum absolute atomic E-state index is 0.138. The summed E-state index contributed by atoms with van der Waals surface area (Å²) in [7, 11) is -2.19. The molecule has 1 aromatic heterocycles. The zero-order valence-electron chi connectivity index (χ0n) is 19.9. The van der Waals surface area contributed by atoms with Crippen LogP contribution in [0.3, 0.4) is 0 Å². The molecule has 2 aromatic carbocycles. The van der Waals surface area contributed by atoms with Crippen molar-refractivity contribution < 1.29 is 18.3 Å². The minimum Gasteiger partial charge on any atom is -0.392 e. The van der Waals surface area contributed by atoms with Gasteiger partial charge in [0.1, 0.15) is 6.07 Å². The van der Waals surface area contributed by atoms with E-state index in [-0.39, 0.29) is 6.54 Å². The topological polar surface area (TPSA) is 108 Å². The highest BCUT2D eigenvalue weighted by atomic mass is 32.2. The zero-order chi connectivity index (χ0) is 25.0. The Hall–Kier alpha value is -3.16. The van der Waals surface area contributed by atoms with E-state index in [1.54, 1.807) is 19.1 Å². The molecule has 0 bridgehead atoms. The first kappa shape index (κ1) is 24.9. The fourth-order valence-corrected chi connectivity index (χ4v) is 5.07. The average molecular weight is 495 g/mol. The van der Waals surface area contributed by atoms with Gasteiger partial charge in [-0.1, -0.05) is 25.1 Å². The molecule has 0 amide bonds. The van der Waals surface area contributed by atoms with Crippen molar-refractivity contribution >= 4 is 32.6 Å². The molecule has 8 nitrogen and oxygen atoms in total. The molecule has 0 saturated carbocycles. The van der Waals surface area contributed by atoms with Crippen LogP contribution in [0.1, 0.15) is 19.0 Å². The van der Waals surface area contributed by atoms with E-state index < -0.39 is 21.0 Å². The maximum absolute atomic E-state index is 12.5. The number of nitrogens with zero attached hydrogens (tertiary/aromatic N) is 3. The Kier molecular flexibility index (Phi) is 7.57. The maximum Gasteiger partial charge on any atom is 0.250 e. The van der Waals surface area contributed by atoms with Gasteiger partial charge in [-0.2, -0.15) is 5.26 Å². The van der Waals surface area contributed by atoms with Crippen LogP contribution >= 0.6 is 0 Å². The Morgan fingerprint density at radius 2 is 1.89 bits per heavy atom. The van der Waals surface area contributed by atoms with Crippen molar-refractivity contribution in [3.05, 3.63) is 59.1 Å². The minimum atomic E-state index is -4.03. The summed E-state index contributed by atoms with van der Waals surface area (Å²) in [6.07, 6.45) is 0.958. The fourth-order valence-electron chi connectivity index (χ4n) is 4.10. The van der Waals surface area contributed by atoms with E-state index in [9.17, 15) is 18.8 Å². The van der Waals surface area contributed by atoms with Crippen LogP contribution < -0.4 is 9.62 Å². The highest BCUT2D eigenvalue weighted by Crippen LogP contribution is 2.29. The lowest BCUT2D eigenvalue weighted by Crippen LogP contribution is -2.36. The molecule has 1 aliphatic rings. The number of rotatable bonds is 8. The summed E-state index contributed by atoms with van der Waals surface area (Å²) in [5.74, 6) is 0. The number of nitrogens with one attached hydrogen (secondary N) is 1. The van der Waals surface area contributed by atoms with E-state index in [2.05, 4.69) is 40.0 Å². The number of aliphatic hydroxyl groups is 1. The van der Waals surface area contributed by atoms with Crippen LogP contribution in [0.2, 0.25) is 0 Å². The number of fused-ring (bicyclic) bond motifs is 1. The smallest absolute Gasteiger partial charge is 0.250 e. The molecule has 1 atom stereocenters. The summed E-state index contributed by atoms with van der Waals surface area (Å²) in [5.41, 5.74) is 3.66. The number of ether oxygens (including phenoxy) is 1. The van der Waals surface area contributed by atoms with Crippen LogP contribution in [0.25, 0.3) is 28.1 Å². The van der Waals surface area contributed by atoms with Gasteiger partial charge < -0.3 is 19.3 Å². The molecule has 3 aromatic rings. The first-order chi connectivity index (χ1) is 16.8. The number of morpholine rings is 1. The molecule has 2 heterocycles. The molecule has 0 spiro atoms. The predicted octanol–water partition coefficient (Wildman–Crippen LogP) is 3.24. The van der Waals surface area contributed by atoms with Crippen LogP contribution in [0.15, 0.2) is 53.4 Å². The van der Waals surface area contributed by atoms with Crippen molar-refractivity contribution in [2.75, 3.05) is 37.7 Å². The summed E-state index contributed by atoms with van der Waals surface area (Å²) >= 11 is 0. The van der Waals surface area contributed by atoms with Gasteiger partial charge in [-0.25, -0.2) is 13.1 Å². The molecular formula is C26H30N4O4S. The van der Waals surface area contributed by atoms with E-state index in [1.165, 1.54) is 11.8 Å². The van der Waals surface area contributed by atoms with Gasteiger partial charge >= 0.3 is 0 Å². The number of aromatic nitrogens is 1. The van der Waals surface area contributed by atoms with Gasteiger partial charge in [0.05, 0.1) is 19.3 Å². The van der Waals surface area contributed by atoms with Crippen molar-refractivity contribution in [3.8, 4) is 17.3 Å². The Bertz CT molecular complexity index is 1380. The van der Waals surface area contributed by atoms with Gasteiger partial charge in [-0.15, -0.1) is 0 Å². The fraction of sp³-hybridized carbons (Fsp3) is 0.346. The number of sulfonamides is 1. The highest BCUT2D eigenvalue weighted by Gasteiger charge is 2.20. The molecule has 2 N–H and O–H groups in total. The third kappa shape index (κ3) is 5.57. The number of hydrogen-bond donors (Lipinski definition) is 2. The van der Waals surface area contributed by atoms with Gasteiger partial charge in [-0.05, 0) is 59.2 Å².